The molecule has 0 N–H and O–H groups in total. The molecule has 1 saturated heterocycles. The van der Waals surface area contributed by atoms with Gasteiger partial charge in [0.1, 0.15) is 5.76 Å². The fraction of sp³-hybridized carbons (Fsp3) is 0.833. The highest BCUT2D eigenvalue weighted by atomic mass is 32.2. The highest BCUT2D eigenvalue weighted by Crippen LogP contribution is 2.30. The van der Waals surface area contributed by atoms with Gasteiger partial charge in [0.15, 0.2) is 0 Å². The second-order valence-electron chi connectivity index (χ2n) is 5.42. The molecule has 122 valence electrons. The molecule has 0 aromatic rings. The van der Waals surface area contributed by atoms with E-state index in [2.05, 4.69) is 14.0 Å². The largest absolute Gasteiger partial charge is 0.534 e. The summed E-state index contributed by atoms with van der Waals surface area (Å²) < 4.78 is 62.8. The smallest absolute Gasteiger partial charge is 0.381 e. The standard InChI is InChI=1S/C12H19F3N2O3S/c1-16-6-8-17(9-7-16)10-2-4-11(5-3-10)20-21(18,19)12(13,14)15/h4,10H,2-3,5-9H2,1H3/t10-/m0/s1. The third kappa shape index (κ3) is 4.10. The summed E-state index contributed by atoms with van der Waals surface area (Å²) in [5, 5.41) is 0. The molecular formula is C12H19F3N2O3S. The third-order valence-corrected chi connectivity index (χ3v) is 4.90. The van der Waals surface area contributed by atoms with Gasteiger partial charge in [-0.2, -0.15) is 21.6 Å². The minimum absolute atomic E-state index is 0.0993. The lowest BCUT2D eigenvalue weighted by Crippen LogP contribution is -2.49. The predicted molar refractivity (Wildman–Crippen MR) is 70.9 cm³/mol. The lowest BCUT2D eigenvalue weighted by molar-refractivity contribution is -0.0525. The van der Waals surface area contributed by atoms with Crippen LogP contribution in [0.4, 0.5) is 13.2 Å². The van der Waals surface area contributed by atoms with E-state index in [1.807, 2.05) is 7.05 Å². The van der Waals surface area contributed by atoms with Gasteiger partial charge in [0.05, 0.1) is 0 Å². The van der Waals surface area contributed by atoms with Crippen molar-refractivity contribution in [1.82, 2.24) is 9.80 Å². The second kappa shape index (κ2) is 6.13. The Balaban J connectivity index is 1.91. The number of likely N-dealkylation sites (N-methyl/N-ethyl adjacent to an activating group) is 1. The van der Waals surface area contributed by atoms with Crippen molar-refractivity contribution < 1.29 is 25.8 Å². The summed E-state index contributed by atoms with van der Waals surface area (Å²) in [5.74, 6) is -0.0993. The first kappa shape index (κ1) is 16.6. The summed E-state index contributed by atoms with van der Waals surface area (Å²) in [6, 6.07) is 0.250. The summed E-state index contributed by atoms with van der Waals surface area (Å²) in [4.78, 5) is 4.52. The predicted octanol–water partition coefficient (Wildman–Crippen LogP) is 1.54. The first-order valence-electron chi connectivity index (χ1n) is 6.81. The number of piperazine rings is 1. The summed E-state index contributed by atoms with van der Waals surface area (Å²) in [6.45, 7) is 3.77. The molecule has 1 heterocycles. The van der Waals surface area contributed by atoms with Crippen LogP contribution < -0.4 is 0 Å². The molecule has 1 aliphatic carbocycles. The molecule has 0 radical (unpaired) electrons. The van der Waals surface area contributed by atoms with Gasteiger partial charge in [-0.05, 0) is 26.0 Å². The van der Waals surface area contributed by atoms with Gasteiger partial charge in [-0.15, -0.1) is 0 Å². The fourth-order valence-electron chi connectivity index (χ4n) is 2.58. The van der Waals surface area contributed by atoms with E-state index in [9.17, 15) is 21.6 Å². The minimum atomic E-state index is -5.54. The lowest BCUT2D eigenvalue weighted by atomic mass is 9.98. The molecule has 1 aliphatic heterocycles. The molecule has 0 aromatic heterocycles. The van der Waals surface area contributed by atoms with Crippen LogP contribution in [0.3, 0.4) is 0 Å². The highest BCUT2D eigenvalue weighted by molar-refractivity contribution is 7.87. The van der Waals surface area contributed by atoms with Gasteiger partial charge in [0.25, 0.3) is 0 Å². The average molecular weight is 328 g/mol. The van der Waals surface area contributed by atoms with Crippen molar-refractivity contribution >= 4 is 10.1 Å². The normalized spacial score (nSPS) is 26.5. The van der Waals surface area contributed by atoms with Crippen molar-refractivity contribution in [2.75, 3.05) is 33.2 Å². The van der Waals surface area contributed by atoms with E-state index in [1.165, 1.54) is 6.08 Å². The van der Waals surface area contributed by atoms with Crippen LogP contribution in [0.5, 0.6) is 0 Å². The van der Waals surface area contributed by atoms with Gasteiger partial charge < -0.3 is 9.08 Å². The lowest BCUT2D eigenvalue weighted by Gasteiger charge is -2.39. The average Bonchev–Trinajstić information content (AvgIpc) is 2.39. The zero-order valence-electron chi connectivity index (χ0n) is 11.8. The monoisotopic (exact) mass is 328 g/mol. The molecule has 0 bridgehead atoms. The van der Waals surface area contributed by atoms with Crippen molar-refractivity contribution in [1.29, 1.82) is 0 Å². The Kier molecular flexibility index (Phi) is 4.84. The molecule has 0 saturated carbocycles. The van der Waals surface area contributed by atoms with E-state index in [4.69, 9.17) is 0 Å². The summed E-state index contributed by atoms with van der Waals surface area (Å²) in [7, 11) is -3.49. The topological polar surface area (TPSA) is 49.9 Å². The number of hydrogen-bond acceptors (Lipinski definition) is 5. The minimum Gasteiger partial charge on any atom is -0.381 e. The zero-order valence-corrected chi connectivity index (χ0v) is 12.6. The molecule has 0 unspecified atom stereocenters. The van der Waals surface area contributed by atoms with E-state index in [0.29, 0.717) is 12.8 Å². The molecule has 0 amide bonds. The second-order valence-corrected chi connectivity index (χ2v) is 6.96. The quantitative estimate of drug-likeness (QED) is 0.581. The Morgan fingerprint density at radius 3 is 2.33 bits per heavy atom. The molecule has 5 nitrogen and oxygen atoms in total. The number of hydrogen-bond donors (Lipinski definition) is 0. The van der Waals surface area contributed by atoms with Crippen LogP contribution in [-0.2, 0) is 14.3 Å². The third-order valence-electron chi connectivity index (χ3n) is 3.90. The van der Waals surface area contributed by atoms with Gasteiger partial charge in [-0.25, -0.2) is 0 Å². The molecule has 9 heteroatoms. The Morgan fingerprint density at radius 1 is 1.24 bits per heavy atom. The number of rotatable bonds is 3. The zero-order chi connectivity index (χ0) is 15.7. The molecule has 1 atom stereocenters. The number of nitrogens with zero attached hydrogens (tertiary/aromatic N) is 2. The van der Waals surface area contributed by atoms with Crippen LogP contribution in [-0.4, -0.2) is 63.0 Å². The maximum atomic E-state index is 12.2. The van der Waals surface area contributed by atoms with Crippen molar-refractivity contribution in [3.05, 3.63) is 11.8 Å². The molecule has 2 aliphatic rings. The van der Waals surface area contributed by atoms with E-state index in [0.717, 1.165) is 26.2 Å². The summed E-state index contributed by atoms with van der Waals surface area (Å²) in [5.41, 5.74) is -5.37. The first-order chi connectivity index (χ1) is 9.69. The highest BCUT2D eigenvalue weighted by Gasteiger charge is 2.49. The van der Waals surface area contributed by atoms with Gasteiger partial charge in [0, 0.05) is 38.6 Å². The van der Waals surface area contributed by atoms with E-state index in [-0.39, 0.29) is 18.2 Å². The van der Waals surface area contributed by atoms with Gasteiger partial charge in [0.2, 0.25) is 0 Å². The van der Waals surface area contributed by atoms with Gasteiger partial charge >= 0.3 is 15.6 Å². The molecular weight excluding hydrogens is 309 g/mol. The van der Waals surface area contributed by atoms with Crippen molar-refractivity contribution in [2.45, 2.75) is 30.8 Å². The summed E-state index contributed by atoms with van der Waals surface area (Å²) >= 11 is 0. The summed E-state index contributed by atoms with van der Waals surface area (Å²) in [6.07, 6.45) is 2.82. The molecule has 0 spiro atoms. The van der Waals surface area contributed by atoms with Gasteiger partial charge in [-0.1, -0.05) is 0 Å². The Labute approximate surface area is 122 Å². The number of allylic oxidation sites excluding steroid dienone is 1. The van der Waals surface area contributed by atoms with Crippen LogP contribution in [0.25, 0.3) is 0 Å². The fourth-order valence-corrected chi connectivity index (χ4v) is 3.11. The van der Waals surface area contributed by atoms with E-state index >= 15 is 0 Å². The van der Waals surface area contributed by atoms with Gasteiger partial charge in [-0.3, -0.25) is 4.90 Å². The number of alkyl halides is 3. The van der Waals surface area contributed by atoms with E-state index < -0.39 is 15.6 Å². The maximum absolute atomic E-state index is 12.2. The molecule has 0 aromatic carbocycles. The van der Waals surface area contributed by atoms with Crippen LogP contribution in [0.1, 0.15) is 19.3 Å². The van der Waals surface area contributed by atoms with Crippen molar-refractivity contribution in [2.24, 2.45) is 0 Å². The first-order valence-corrected chi connectivity index (χ1v) is 8.22. The molecule has 1 fully saturated rings. The van der Waals surface area contributed by atoms with Crippen LogP contribution >= 0.6 is 0 Å². The van der Waals surface area contributed by atoms with Crippen LogP contribution in [0.2, 0.25) is 0 Å². The van der Waals surface area contributed by atoms with E-state index in [1.54, 1.807) is 0 Å². The SMILES string of the molecule is CN1CCN([C@H]2CC=C(OS(=O)(=O)C(F)(F)F)CC2)CC1. The van der Waals surface area contributed by atoms with Crippen molar-refractivity contribution in [3.63, 3.8) is 0 Å². The molecule has 21 heavy (non-hydrogen) atoms. The Morgan fingerprint density at radius 2 is 1.86 bits per heavy atom. The Hall–Kier alpha value is -0.800. The van der Waals surface area contributed by atoms with Crippen LogP contribution in [0, 0.1) is 0 Å². The van der Waals surface area contributed by atoms with Crippen LogP contribution in [0.15, 0.2) is 11.8 Å². The number of halogens is 3. The maximum Gasteiger partial charge on any atom is 0.534 e. The molecule has 2 rings (SSSR count). The van der Waals surface area contributed by atoms with Crippen molar-refractivity contribution in [3.8, 4) is 0 Å². The Bertz CT molecular complexity index is 496.